The van der Waals surface area contributed by atoms with E-state index < -0.39 is 0 Å². The van der Waals surface area contributed by atoms with Crippen LogP contribution in [0.5, 0.6) is 0 Å². The Hall–Kier alpha value is -2.28. The number of amides is 1. The molecule has 2 aromatic heterocycles. The number of fused-ring (bicyclic) bond motifs is 1. The minimum Gasteiger partial charge on any atom is -0.435 e. The zero-order valence-electron chi connectivity index (χ0n) is 12.7. The van der Waals surface area contributed by atoms with Crippen LogP contribution in [0.15, 0.2) is 22.6 Å². The molecule has 114 valence electrons. The molecule has 6 nitrogen and oxygen atoms in total. The molecule has 3 aromatic rings. The fourth-order valence-electron chi connectivity index (χ4n) is 2.25. The van der Waals surface area contributed by atoms with Crippen molar-refractivity contribution < 1.29 is 9.21 Å². The van der Waals surface area contributed by atoms with E-state index in [0.717, 1.165) is 16.6 Å². The van der Waals surface area contributed by atoms with Crippen molar-refractivity contribution in [2.45, 2.75) is 26.8 Å². The van der Waals surface area contributed by atoms with Crippen LogP contribution in [0.1, 0.15) is 34.6 Å². The molecule has 0 radical (unpaired) electrons. The molecule has 7 heteroatoms. The van der Waals surface area contributed by atoms with Gasteiger partial charge in [0, 0.05) is 20.0 Å². The molecule has 3 rings (SSSR count). The van der Waals surface area contributed by atoms with Crippen molar-refractivity contribution in [3.8, 4) is 0 Å². The maximum absolute atomic E-state index is 12.5. The van der Waals surface area contributed by atoms with Gasteiger partial charge in [-0.3, -0.25) is 4.79 Å². The Bertz CT molecular complexity index is 824. The van der Waals surface area contributed by atoms with Crippen LogP contribution in [0.2, 0.25) is 0 Å². The summed E-state index contributed by atoms with van der Waals surface area (Å²) < 4.78 is 13.9. The second-order valence-corrected chi connectivity index (χ2v) is 5.65. The molecule has 0 aliphatic heterocycles. The molecule has 0 spiro atoms. The van der Waals surface area contributed by atoms with E-state index in [1.807, 2.05) is 25.1 Å². The monoisotopic (exact) mass is 316 g/mol. The van der Waals surface area contributed by atoms with Gasteiger partial charge >= 0.3 is 0 Å². The zero-order valence-corrected chi connectivity index (χ0v) is 13.5. The number of rotatable bonds is 4. The second kappa shape index (κ2) is 5.84. The average molecular weight is 316 g/mol. The SMILES string of the molecule is CCc1nc(C)c(C(=O)N(C)Cc2ccc3nsnc3c2)o1. The minimum atomic E-state index is -0.166. The molecule has 0 aliphatic carbocycles. The van der Waals surface area contributed by atoms with Gasteiger partial charge in [0.15, 0.2) is 5.89 Å². The Morgan fingerprint density at radius 3 is 2.82 bits per heavy atom. The number of hydrogen-bond acceptors (Lipinski definition) is 6. The molecule has 1 amide bonds. The van der Waals surface area contributed by atoms with Gasteiger partial charge in [-0.2, -0.15) is 8.75 Å². The van der Waals surface area contributed by atoms with Crippen LogP contribution < -0.4 is 0 Å². The highest BCUT2D eigenvalue weighted by Gasteiger charge is 2.20. The number of benzene rings is 1. The van der Waals surface area contributed by atoms with E-state index >= 15 is 0 Å². The maximum atomic E-state index is 12.5. The van der Waals surface area contributed by atoms with Crippen molar-refractivity contribution in [2.24, 2.45) is 0 Å². The summed E-state index contributed by atoms with van der Waals surface area (Å²) in [4.78, 5) is 18.3. The van der Waals surface area contributed by atoms with Crippen LogP contribution in [-0.2, 0) is 13.0 Å². The summed E-state index contributed by atoms with van der Waals surface area (Å²) >= 11 is 1.19. The average Bonchev–Trinajstić information content (AvgIpc) is 3.12. The van der Waals surface area contributed by atoms with Crippen molar-refractivity contribution >= 4 is 28.7 Å². The molecule has 0 saturated carbocycles. The molecule has 0 fully saturated rings. The third kappa shape index (κ3) is 2.71. The number of aromatic nitrogens is 3. The number of carbonyl (C=O) groups is 1. The van der Waals surface area contributed by atoms with Crippen molar-refractivity contribution in [2.75, 3.05) is 7.05 Å². The molecule has 0 bridgehead atoms. The van der Waals surface area contributed by atoms with E-state index in [9.17, 15) is 4.79 Å². The number of aryl methyl sites for hydroxylation is 2. The predicted octanol–water partition coefficient (Wildman–Crippen LogP) is 2.82. The Kier molecular flexibility index (Phi) is 3.89. The summed E-state index contributed by atoms with van der Waals surface area (Å²) in [5.74, 6) is 0.737. The first-order chi connectivity index (χ1) is 10.6. The molecule has 1 aromatic carbocycles. The molecule has 0 atom stereocenters. The van der Waals surface area contributed by atoms with Crippen LogP contribution in [-0.4, -0.2) is 31.6 Å². The lowest BCUT2D eigenvalue weighted by atomic mass is 10.2. The first-order valence-corrected chi connectivity index (χ1v) is 7.74. The summed E-state index contributed by atoms with van der Waals surface area (Å²) in [5.41, 5.74) is 3.37. The zero-order chi connectivity index (χ0) is 15.7. The number of oxazole rings is 1. The summed E-state index contributed by atoms with van der Waals surface area (Å²) in [5, 5.41) is 0. The Labute approximate surface area is 132 Å². The Balaban J connectivity index is 1.79. The lowest BCUT2D eigenvalue weighted by Gasteiger charge is -2.16. The van der Waals surface area contributed by atoms with Gasteiger partial charge in [0.2, 0.25) is 5.76 Å². The molecule has 0 unspecified atom stereocenters. The molecule has 2 heterocycles. The normalized spacial score (nSPS) is 11.0. The van der Waals surface area contributed by atoms with E-state index in [1.165, 1.54) is 11.7 Å². The minimum absolute atomic E-state index is 0.166. The molecule has 0 aliphatic rings. The van der Waals surface area contributed by atoms with E-state index in [4.69, 9.17) is 4.42 Å². The van der Waals surface area contributed by atoms with Crippen molar-refractivity contribution in [1.29, 1.82) is 0 Å². The summed E-state index contributed by atoms with van der Waals surface area (Å²) in [7, 11) is 1.75. The highest BCUT2D eigenvalue weighted by atomic mass is 32.1. The summed E-state index contributed by atoms with van der Waals surface area (Å²) in [6.07, 6.45) is 0.672. The lowest BCUT2D eigenvalue weighted by molar-refractivity contribution is 0.0750. The van der Waals surface area contributed by atoms with Crippen LogP contribution in [0.25, 0.3) is 11.0 Å². The summed E-state index contributed by atoms with van der Waals surface area (Å²) in [6.45, 7) is 4.21. The highest BCUT2D eigenvalue weighted by Crippen LogP contribution is 2.17. The molecule has 22 heavy (non-hydrogen) atoms. The van der Waals surface area contributed by atoms with Gasteiger partial charge in [0.25, 0.3) is 5.91 Å². The predicted molar refractivity (Wildman–Crippen MR) is 83.8 cm³/mol. The van der Waals surface area contributed by atoms with Crippen molar-refractivity contribution in [1.82, 2.24) is 18.6 Å². The summed E-state index contributed by atoms with van der Waals surface area (Å²) in [6, 6.07) is 5.83. The molecule has 0 saturated heterocycles. The van der Waals surface area contributed by atoms with Gasteiger partial charge < -0.3 is 9.32 Å². The highest BCUT2D eigenvalue weighted by molar-refractivity contribution is 7.00. The van der Waals surface area contributed by atoms with Crippen molar-refractivity contribution in [3.05, 3.63) is 41.1 Å². The first-order valence-electron chi connectivity index (χ1n) is 7.01. The largest absolute Gasteiger partial charge is 0.435 e. The fraction of sp³-hybridized carbons (Fsp3) is 0.333. The van der Waals surface area contributed by atoms with E-state index in [1.54, 1.807) is 18.9 Å². The molecular weight excluding hydrogens is 300 g/mol. The topological polar surface area (TPSA) is 72.1 Å². The van der Waals surface area contributed by atoms with Gasteiger partial charge in [-0.15, -0.1) is 0 Å². The van der Waals surface area contributed by atoms with E-state index in [0.29, 0.717) is 30.3 Å². The van der Waals surface area contributed by atoms with Gasteiger partial charge in [-0.25, -0.2) is 4.98 Å². The molecule has 0 N–H and O–H groups in total. The van der Waals surface area contributed by atoms with Gasteiger partial charge in [0.1, 0.15) is 11.0 Å². The number of carbonyl (C=O) groups excluding carboxylic acids is 1. The van der Waals surface area contributed by atoms with Gasteiger partial charge in [-0.1, -0.05) is 13.0 Å². The molecular formula is C15H16N4O2S. The quantitative estimate of drug-likeness (QED) is 0.740. The third-order valence-corrected chi connectivity index (χ3v) is 3.98. The van der Waals surface area contributed by atoms with E-state index in [-0.39, 0.29) is 5.91 Å². The lowest BCUT2D eigenvalue weighted by Crippen LogP contribution is -2.26. The maximum Gasteiger partial charge on any atom is 0.291 e. The van der Waals surface area contributed by atoms with E-state index in [2.05, 4.69) is 13.7 Å². The Morgan fingerprint density at radius 1 is 1.32 bits per heavy atom. The Morgan fingerprint density at radius 2 is 2.09 bits per heavy atom. The second-order valence-electron chi connectivity index (χ2n) is 5.12. The van der Waals surface area contributed by atoms with Gasteiger partial charge in [-0.05, 0) is 24.6 Å². The number of hydrogen-bond donors (Lipinski definition) is 0. The third-order valence-electron chi connectivity index (χ3n) is 3.42. The van der Waals surface area contributed by atoms with Crippen LogP contribution in [0.4, 0.5) is 0 Å². The number of nitrogens with zero attached hydrogens (tertiary/aromatic N) is 4. The smallest absolute Gasteiger partial charge is 0.291 e. The van der Waals surface area contributed by atoms with Crippen LogP contribution in [0, 0.1) is 6.92 Å². The van der Waals surface area contributed by atoms with Crippen molar-refractivity contribution in [3.63, 3.8) is 0 Å². The van der Waals surface area contributed by atoms with Gasteiger partial charge in [0.05, 0.1) is 17.4 Å². The standard InChI is InChI=1S/C15H16N4O2S/c1-4-13-16-9(2)14(21-13)15(20)19(3)8-10-5-6-11-12(7-10)18-22-17-11/h5-7H,4,8H2,1-3H3. The first kappa shape index (κ1) is 14.6. The van der Waals surface area contributed by atoms with Crippen LogP contribution in [0.3, 0.4) is 0 Å². The fourth-order valence-corrected chi connectivity index (χ4v) is 2.76. The van der Waals surface area contributed by atoms with Crippen LogP contribution >= 0.6 is 11.7 Å².